The van der Waals surface area contributed by atoms with Gasteiger partial charge in [0.05, 0.1) is 22.8 Å². The Bertz CT molecular complexity index is 2500. The molecule has 0 radical (unpaired) electrons. The van der Waals surface area contributed by atoms with Gasteiger partial charge in [-0.2, -0.15) is 0 Å². The van der Waals surface area contributed by atoms with Crippen molar-refractivity contribution in [3.05, 3.63) is 179 Å². The Labute approximate surface area is 302 Å². The molecule has 0 amide bonds. The largest absolute Gasteiger partial charge is 0.381 e. The lowest BCUT2D eigenvalue weighted by molar-refractivity contribution is 1.15. The molecule has 2 aliphatic heterocycles. The maximum atomic E-state index is 5.10. The first-order valence-electron chi connectivity index (χ1n) is 17.6. The summed E-state index contributed by atoms with van der Waals surface area (Å²) in [7, 11) is 0. The number of nitrogens with one attached hydrogen (secondary N) is 4. The number of nitrogens with zero attached hydrogens (tertiary/aromatic N) is 2. The van der Waals surface area contributed by atoms with E-state index in [-0.39, 0.29) is 0 Å². The van der Waals surface area contributed by atoms with Crippen LogP contribution in [0.5, 0.6) is 0 Å². The van der Waals surface area contributed by atoms with Gasteiger partial charge in [-0.25, -0.2) is 9.97 Å². The van der Waals surface area contributed by atoms with Gasteiger partial charge in [0.1, 0.15) is 0 Å². The lowest BCUT2D eigenvalue weighted by Crippen LogP contribution is -1.99. The molecule has 7 aromatic rings. The van der Waals surface area contributed by atoms with E-state index in [1.165, 1.54) is 11.1 Å². The number of rotatable bonds is 8. The first-order valence-corrected chi connectivity index (χ1v) is 17.6. The van der Waals surface area contributed by atoms with E-state index in [0.717, 1.165) is 91.6 Å². The molecule has 6 nitrogen and oxygen atoms in total. The summed E-state index contributed by atoms with van der Waals surface area (Å²) in [5.74, 6) is 0. The number of aromatic amines is 2. The molecule has 52 heavy (non-hydrogen) atoms. The van der Waals surface area contributed by atoms with Gasteiger partial charge >= 0.3 is 0 Å². The lowest BCUT2D eigenvalue weighted by atomic mass is 10.0. The first-order chi connectivity index (χ1) is 25.7. The van der Waals surface area contributed by atoms with E-state index in [1.54, 1.807) is 0 Å². The Morgan fingerprint density at radius 2 is 0.865 bits per heavy atom. The van der Waals surface area contributed by atoms with Gasteiger partial charge in [0, 0.05) is 57.7 Å². The monoisotopic (exact) mass is 672 g/mol. The number of benzene rings is 4. The van der Waals surface area contributed by atoms with Crippen molar-refractivity contribution >= 4 is 57.7 Å². The van der Waals surface area contributed by atoms with Gasteiger partial charge in [-0.05, 0) is 107 Å². The van der Waals surface area contributed by atoms with Crippen LogP contribution in [0.3, 0.4) is 0 Å². The van der Waals surface area contributed by atoms with Crippen molar-refractivity contribution < 1.29 is 0 Å². The quantitative estimate of drug-likeness (QED) is 0.129. The van der Waals surface area contributed by atoms with E-state index in [0.29, 0.717) is 0 Å². The third kappa shape index (κ3) is 6.65. The fourth-order valence-corrected chi connectivity index (χ4v) is 6.79. The molecule has 0 spiro atoms. The summed E-state index contributed by atoms with van der Waals surface area (Å²) < 4.78 is 0. The number of aromatic nitrogens is 4. The Hall–Kier alpha value is -6.92. The molecule has 0 saturated carbocycles. The van der Waals surface area contributed by atoms with Crippen molar-refractivity contribution in [2.24, 2.45) is 0 Å². The first kappa shape index (κ1) is 31.1. The highest BCUT2D eigenvalue weighted by Gasteiger charge is 2.15. The van der Waals surface area contributed by atoms with Crippen LogP contribution in [0.1, 0.15) is 33.9 Å². The van der Waals surface area contributed by atoms with Crippen LogP contribution in [0.4, 0.5) is 11.4 Å². The maximum absolute atomic E-state index is 5.10. The van der Waals surface area contributed by atoms with Crippen LogP contribution in [0, 0.1) is 0 Å². The standard InChI is InChI=1S/C46H36N6/c1-3-7-31(8-4-1)29-47-35-15-11-33(12-16-35)45-41-23-19-37(49-41)27-39-21-25-43(51-39)46(44-26-22-40(52-44)28-38-20-24-42(45)50-38)34-13-17-36(18-14-34)48-30-32-9-5-2-6-10-32/h1-28,47-50H,29-30H2. The third-order valence-corrected chi connectivity index (χ3v) is 9.42. The minimum atomic E-state index is 0.767. The fourth-order valence-electron chi connectivity index (χ4n) is 6.79. The predicted molar refractivity (Wildman–Crippen MR) is 217 cm³/mol. The molecule has 4 aromatic carbocycles. The predicted octanol–water partition coefficient (Wildman–Crippen LogP) is 11.2. The molecule has 0 unspecified atom stereocenters. The molecule has 0 saturated heterocycles. The second-order valence-electron chi connectivity index (χ2n) is 13.0. The van der Waals surface area contributed by atoms with Gasteiger partial charge in [-0.15, -0.1) is 0 Å². The average Bonchev–Trinajstić information content (AvgIpc) is 4.03. The topological polar surface area (TPSA) is 81.4 Å². The Morgan fingerprint density at radius 3 is 1.33 bits per heavy atom. The summed E-state index contributed by atoms with van der Waals surface area (Å²) in [6, 6.07) is 50.8. The van der Waals surface area contributed by atoms with Crippen LogP contribution >= 0.6 is 0 Å². The van der Waals surface area contributed by atoms with Gasteiger partial charge in [0.2, 0.25) is 0 Å². The van der Waals surface area contributed by atoms with Gasteiger partial charge in [-0.3, -0.25) is 0 Å². The molecule has 250 valence electrons. The Kier molecular flexibility index (Phi) is 8.23. The molecule has 0 atom stereocenters. The van der Waals surface area contributed by atoms with Crippen LogP contribution < -0.4 is 10.6 Å². The molecule has 8 bridgehead atoms. The average molecular weight is 673 g/mol. The molecule has 6 heteroatoms. The van der Waals surface area contributed by atoms with Crippen LogP contribution in [-0.2, 0) is 13.1 Å². The zero-order chi connectivity index (χ0) is 34.7. The summed E-state index contributed by atoms with van der Waals surface area (Å²) in [6.45, 7) is 1.54. The smallest absolute Gasteiger partial charge is 0.0737 e. The van der Waals surface area contributed by atoms with Crippen molar-refractivity contribution in [1.82, 2.24) is 19.9 Å². The molecule has 0 fully saturated rings. The summed E-state index contributed by atoms with van der Waals surface area (Å²) in [5.41, 5.74) is 16.4. The third-order valence-electron chi connectivity index (χ3n) is 9.42. The number of hydrogen-bond acceptors (Lipinski definition) is 4. The normalized spacial score (nSPS) is 11.8. The molecule has 0 aliphatic carbocycles. The molecule has 3 aromatic heterocycles. The fraction of sp³-hybridized carbons (Fsp3) is 0.0435. The molecule has 9 rings (SSSR count). The highest BCUT2D eigenvalue weighted by atomic mass is 14.9. The number of H-pyrrole nitrogens is 2. The van der Waals surface area contributed by atoms with Crippen LogP contribution in [-0.4, -0.2) is 19.9 Å². The molecule has 2 aliphatic rings. The van der Waals surface area contributed by atoms with Crippen LogP contribution in [0.2, 0.25) is 0 Å². The van der Waals surface area contributed by atoms with Crippen molar-refractivity contribution in [3.63, 3.8) is 0 Å². The number of anilines is 2. The zero-order valence-corrected chi connectivity index (χ0v) is 28.5. The van der Waals surface area contributed by atoms with Crippen LogP contribution in [0.25, 0.3) is 68.6 Å². The van der Waals surface area contributed by atoms with E-state index >= 15 is 0 Å². The van der Waals surface area contributed by atoms with Crippen molar-refractivity contribution in [3.8, 4) is 22.3 Å². The molecule has 4 N–H and O–H groups in total. The van der Waals surface area contributed by atoms with E-state index < -0.39 is 0 Å². The summed E-state index contributed by atoms with van der Waals surface area (Å²) in [5, 5.41) is 7.08. The van der Waals surface area contributed by atoms with Crippen molar-refractivity contribution in [1.29, 1.82) is 0 Å². The van der Waals surface area contributed by atoms with E-state index in [4.69, 9.17) is 9.97 Å². The molecular weight excluding hydrogens is 637 g/mol. The number of hydrogen-bond donors (Lipinski definition) is 4. The molecule has 5 heterocycles. The van der Waals surface area contributed by atoms with E-state index in [9.17, 15) is 0 Å². The van der Waals surface area contributed by atoms with Gasteiger partial charge in [0.25, 0.3) is 0 Å². The summed E-state index contributed by atoms with van der Waals surface area (Å²) in [4.78, 5) is 17.5. The zero-order valence-electron chi connectivity index (χ0n) is 28.5. The summed E-state index contributed by atoms with van der Waals surface area (Å²) >= 11 is 0. The molecular formula is C46H36N6. The second kappa shape index (κ2) is 13.8. The number of fused-ring (bicyclic) bond motifs is 8. The maximum Gasteiger partial charge on any atom is 0.0737 e. The van der Waals surface area contributed by atoms with Crippen LogP contribution in [0.15, 0.2) is 146 Å². The highest BCUT2D eigenvalue weighted by molar-refractivity contribution is 5.94. The second-order valence-corrected chi connectivity index (χ2v) is 13.0. The van der Waals surface area contributed by atoms with Crippen molar-refractivity contribution in [2.75, 3.05) is 10.6 Å². The lowest BCUT2D eigenvalue weighted by Gasteiger charge is -2.09. The minimum Gasteiger partial charge on any atom is -0.381 e. The SMILES string of the molecule is C1=Cc2nc1cc1ccc([nH]1)c(-c1ccc(NCc3ccccc3)cc1)c1ccc(cc3nc(c2-c2ccc(NCc4ccccc4)cc2)C=C3)[nH]1. The van der Waals surface area contributed by atoms with E-state index in [2.05, 4.69) is 178 Å². The summed E-state index contributed by atoms with van der Waals surface area (Å²) in [6.07, 6.45) is 8.32. The Morgan fingerprint density at radius 1 is 0.423 bits per heavy atom. The van der Waals surface area contributed by atoms with E-state index in [1.807, 2.05) is 12.1 Å². The van der Waals surface area contributed by atoms with Crippen molar-refractivity contribution in [2.45, 2.75) is 13.1 Å². The van der Waals surface area contributed by atoms with Gasteiger partial charge in [-0.1, -0.05) is 84.9 Å². The minimum absolute atomic E-state index is 0.767. The Balaban J connectivity index is 1.11. The van der Waals surface area contributed by atoms with Gasteiger partial charge < -0.3 is 20.6 Å². The highest BCUT2D eigenvalue weighted by Crippen LogP contribution is 2.33. The van der Waals surface area contributed by atoms with Gasteiger partial charge in [0.15, 0.2) is 0 Å².